The van der Waals surface area contributed by atoms with Crippen molar-refractivity contribution in [2.24, 2.45) is 7.05 Å². The molecular weight excluding hydrogens is 276 g/mol. The summed E-state index contributed by atoms with van der Waals surface area (Å²) in [6.07, 6.45) is 0. The van der Waals surface area contributed by atoms with E-state index in [0.29, 0.717) is 35.7 Å². The molecule has 1 heterocycles. The summed E-state index contributed by atoms with van der Waals surface area (Å²) in [7, 11) is 1.70. The van der Waals surface area contributed by atoms with Crippen LogP contribution in [-0.2, 0) is 23.1 Å². The van der Waals surface area contributed by atoms with Gasteiger partial charge in [-0.25, -0.2) is 4.79 Å². The first kappa shape index (κ1) is 13.2. The Hall–Kier alpha value is -0.880. The smallest absolute Gasteiger partial charge is 0.357 e. The van der Waals surface area contributed by atoms with Gasteiger partial charge in [0.25, 0.3) is 0 Å². The lowest BCUT2D eigenvalue weighted by Crippen LogP contribution is -2.10. The van der Waals surface area contributed by atoms with Gasteiger partial charge >= 0.3 is 5.97 Å². The summed E-state index contributed by atoms with van der Waals surface area (Å²) < 4.78 is 12.3. The number of aryl methyl sites for hydroxylation is 1. The van der Waals surface area contributed by atoms with Gasteiger partial charge in [0.1, 0.15) is 5.69 Å². The first-order chi connectivity index (χ1) is 7.61. The maximum absolute atomic E-state index is 11.6. The number of halogens is 1. The molecule has 90 valence electrons. The quantitative estimate of drug-likeness (QED) is 0.777. The molecule has 0 saturated carbocycles. The highest BCUT2D eigenvalue weighted by atomic mass is 79.9. The first-order valence-corrected chi connectivity index (χ1v) is 5.87. The highest BCUT2D eigenvalue weighted by molar-refractivity contribution is 9.10. The molecule has 0 bridgehead atoms. The van der Waals surface area contributed by atoms with Crippen LogP contribution >= 0.6 is 15.9 Å². The lowest BCUT2D eigenvalue weighted by Gasteiger charge is -2.01. The molecule has 5 nitrogen and oxygen atoms in total. The molecule has 1 aromatic heterocycles. The van der Waals surface area contributed by atoms with Crippen LogP contribution in [0.5, 0.6) is 0 Å². The summed E-state index contributed by atoms with van der Waals surface area (Å²) >= 11 is 3.34. The molecule has 0 N–H and O–H groups in total. The molecule has 0 radical (unpaired) electrons. The summed E-state index contributed by atoms with van der Waals surface area (Å²) in [6, 6.07) is 0. The number of rotatable bonds is 5. The van der Waals surface area contributed by atoms with Crippen molar-refractivity contribution in [2.45, 2.75) is 20.5 Å². The largest absolute Gasteiger partial charge is 0.461 e. The Morgan fingerprint density at radius 2 is 2.12 bits per heavy atom. The molecule has 0 aromatic carbocycles. The molecule has 1 aromatic rings. The van der Waals surface area contributed by atoms with E-state index in [1.54, 1.807) is 14.0 Å². The second kappa shape index (κ2) is 6.00. The Morgan fingerprint density at radius 3 is 2.69 bits per heavy atom. The monoisotopic (exact) mass is 290 g/mol. The molecule has 0 fully saturated rings. The van der Waals surface area contributed by atoms with E-state index in [1.807, 2.05) is 6.92 Å². The molecule has 0 saturated heterocycles. The molecule has 0 aliphatic rings. The minimum atomic E-state index is -0.382. The lowest BCUT2D eigenvalue weighted by atomic mass is 10.3. The predicted octanol–water partition coefficient (Wildman–Crippen LogP) is 1.90. The number of carbonyl (C=O) groups excluding carboxylic acids is 1. The van der Waals surface area contributed by atoms with Gasteiger partial charge in [-0.1, -0.05) is 0 Å². The van der Waals surface area contributed by atoms with Crippen LogP contribution in [0.15, 0.2) is 4.47 Å². The fourth-order valence-corrected chi connectivity index (χ4v) is 1.88. The zero-order chi connectivity index (χ0) is 12.1. The number of nitrogens with zero attached hydrogens (tertiary/aromatic N) is 2. The van der Waals surface area contributed by atoms with E-state index in [0.717, 1.165) is 0 Å². The molecule has 6 heteroatoms. The van der Waals surface area contributed by atoms with Crippen LogP contribution in [0.1, 0.15) is 30.0 Å². The fourth-order valence-electron chi connectivity index (χ4n) is 1.27. The van der Waals surface area contributed by atoms with E-state index < -0.39 is 0 Å². The normalized spacial score (nSPS) is 10.5. The maximum atomic E-state index is 11.6. The van der Waals surface area contributed by atoms with Crippen molar-refractivity contribution in [1.82, 2.24) is 9.78 Å². The van der Waals surface area contributed by atoms with Crippen molar-refractivity contribution in [2.75, 3.05) is 13.2 Å². The van der Waals surface area contributed by atoms with E-state index in [2.05, 4.69) is 21.0 Å². The standard InChI is InChI=1S/C10H15BrN2O3/c1-4-15-6-7-8(11)9(13(3)12-7)10(14)16-5-2/h4-6H2,1-3H3. The number of hydrogen-bond donors (Lipinski definition) is 0. The molecule has 0 amide bonds. The maximum Gasteiger partial charge on any atom is 0.357 e. The fraction of sp³-hybridized carbons (Fsp3) is 0.600. The minimum absolute atomic E-state index is 0.344. The van der Waals surface area contributed by atoms with E-state index in [9.17, 15) is 4.79 Å². The number of aromatic nitrogens is 2. The summed E-state index contributed by atoms with van der Waals surface area (Å²) in [5, 5.41) is 4.19. The zero-order valence-corrected chi connectivity index (χ0v) is 11.2. The second-order valence-corrected chi connectivity index (χ2v) is 3.88. The van der Waals surface area contributed by atoms with Gasteiger partial charge < -0.3 is 9.47 Å². The van der Waals surface area contributed by atoms with Crippen molar-refractivity contribution in [3.05, 3.63) is 15.9 Å². The van der Waals surface area contributed by atoms with Gasteiger partial charge in [0.05, 0.1) is 17.7 Å². The lowest BCUT2D eigenvalue weighted by molar-refractivity contribution is 0.0512. The number of carbonyl (C=O) groups is 1. The van der Waals surface area contributed by atoms with Gasteiger partial charge in [0, 0.05) is 13.7 Å². The summed E-state index contributed by atoms with van der Waals surface area (Å²) in [5.41, 5.74) is 1.11. The predicted molar refractivity (Wildman–Crippen MR) is 62.2 cm³/mol. The molecule has 0 unspecified atom stereocenters. The van der Waals surface area contributed by atoms with Crippen molar-refractivity contribution >= 4 is 21.9 Å². The molecule has 0 aliphatic carbocycles. The Labute approximate surface area is 103 Å². The average Bonchev–Trinajstić information content (AvgIpc) is 2.51. The third-order valence-corrected chi connectivity index (χ3v) is 2.80. The molecule has 0 spiro atoms. The van der Waals surface area contributed by atoms with Crippen LogP contribution < -0.4 is 0 Å². The van der Waals surface area contributed by atoms with Gasteiger partial charge in [-0.2, -0.15) is 5.10 Å². The third kappa shape index (κ3) is 2.82. The van der Waals surface area contributed by atoms with Crippen molar-refractivity contribution in [3.8, 4) is 0 Å². The van der Waals surface area contributed by atoms with Crippen molar-refractivity contribution in [1.29, 1.82) is 0 Å². The van der Waals surface area contributed by atoms with Crippen LogP contribution in [0.25, 0.3) is 0 Å². The van der Waals surface area contributed by atoms with Crippen LogP contribution in [0.2, 0.25) is 0 Å². The van der Waals surface area contributed by atoms with Gasteiger partial charge in [-0.15, -0.1) is 0 Å². The van der Waals surface area contributed by atoms with Gasteiger partial charge in [0.15, 0.2) is 5.69 Å². The van der Waals surface area contributed by atoms with Crippen molar-refractivity contribution < 1.29 is 14.3 Å². The van der Waals surface area contributed by atoms with Gasteiger partial charge in [-0.05, 0) is 29.8 Å². The van der Waals surface area contributed by atoms with E-state index in [1.165, 1.54) is 4.68 Å². The average molecular weight is 291 g/mol. The topological polar surface area (TPSA) is 53.4 Å². The molecule has 1 rings (SSSR count). The molecule has 0 aliphatic heterocycles. The van der Waals surface area contributed by atoms with E-state index in [-0.39, 0.29) is 5.97 Å². The number of esters is 1. The van der Waals surface area contributed by atoms with Crippen LogP contribution in [0, 0.1) is 0 Å². The van der Waals surface area contributed by atoms with Gasteiger partial charge in [0.2, 0.25) is 0 Å². The summed E-state index contributed by atoms with van der Waals surface area (Å²) in [5.74, 6) is -0.382. The highest BCUT2D eigenvalue weighted by Crippen LogP contribution is 2.22. The van der Waals surface area contributed by atoms with Gasteiger partial charge in [-0.3, -0.25) is 4.68 Å². The molecular formula is C10H15BrN2O3. The second-order valence-electron chi connectivity index (χ2n) is 3.09. The Bertz CT molecular complexity index is 376. The Morgan fingerprint density at radius 1 is 1.44 bits per heavy atom. The summed E-state index contributed by atoms with van der Waals surface area (Å²) in [6.45, 7) is 5.01. The highest BCUT2D eigenvalue weighted by Gasteiger charge is 2.21. The van der Waals surface area contributed by atoms with Crippen LogP contribution in [0.4, 0.5) is 0 Å². The van der Waals surface area contributed by atoms with E-state index >= 15 is 0 Å². The zero-order valence-electron chi connectivity index (χ0n) is 9.62. The SMILES string of the molecule is CCOCc1nn(C)c(C(=O)OCC)c1Br. The Kier molecular flexibility index (Phi) is 4.95. The van der Waals surface area contributed by atoms with Crippen LogP contribution in [-0.4, -0.2) is 29.0 Å². The number of hydrogen-bond acceptors (Lipinski definition) is 4. The number of ether oxygens (including phenoxy) is 2. The third-order valence-electron chi connectivity index (χ3n) is 1.97. The van der Waals surface area contributed by atoms with E-state index in [4.69, 9.17) is 9.47 Å². The van der Waals surface area contributed by atoms with Crippen molar-refractivity contribution in [3.63, 3.8) is 0 Å². The Balaban J connectivity index is 2.92. The molecule has 0 atom stereocenters. The molecule has 16 heavy (non-hydrogen) atoms. The minimum Gasteiger partial charge on any atom is -0.461 e. The van der Waals surface area contributed by atoms with Crippen LogP contribution in [0.3, 0.4) is 0 Å². The summed E-state index contributed by atoms with van der Waals surface area (Å²) in [4.78, 5) is 11.6. The first-order valence-electron chi connectivity index (χ1n) is 5.08.